The molecule has 148 valence electrons. The number of likely N-dealkylation sites (tertiary alicyclic amines) is 2. The predicted molar refractivity (Wildman–Crippen MR) is 101 cm³/mol. The largest absolute Gasteiger partial charge is 0.338 e. The summed E-state index contributed by atoms with van der Waals surface area (Å²) in [6.07, 6.45) is 1.94. The maximum Gasteiger partial charge on any atom is 0.317 e. The van der Waals surface area contributed by atoms with E-state index in [0.717, 1.165) is 19.5 Å². The van der Waals surface area contributed by atoms with Crippen LogP contribution in [0.2, 0.25) is 0 Å². The van der Waals surface area contributed by atoms with Crippen LogP contribution in [0.3, 0.4) is 0 Å². The third-order valence-electron chi connectivity index (χ3n) is 5.82. The monoisotopic (exact) mass is 365 g/mol. The number of nitrogens with zero attached hydrogens (tertiary/aromatic N) is 2. The summed E-state index contributed by atoms with van der Waals surface area (Å²) in [5, 5.41) is 2.93. The van der Waals surface area contributed by atoms with E-state index in [1.165, 1.54) is 4.90 Å². The van der Waals surface area contributed by atoms with Crippen LogP contribution >= 0.6 is 0 Å². The molecule has 2 aliphatic rings. The number of carbonyl (C=O) groups is 3. The summed E-state index contributed by atoms with van der Waals surface area (Å²) >= 11 is 0. The summed E-state index contributed by atoms with van der Waals surface area (Å²) in [7, 11) is 0. The Morgan fingerprint density at radius 2 is 1.77 bits per heavy atom. The zero-order valence-corrected chi connectivity index (χ0v) is 17.2. The Labute approximate surface area is 157 Å². The van der Waals surface area contributed by atoms with Gasteiger partial charge in [0.25, 0.3) is 0 Å². The van der Waals surface area contributed by atoms with Crippen LogP contribution in [0, 0.1) is 22.7 Å². The van der Waals surface area contributed by atoms with Crippen molar-refractivity contribution in [2.45, 2.75) is 60.8 Å². The van der Waals surface area contributed by atoms with E-state index >= 15 is 0 Å². The number of hydrogen-bond donors (Lipinski definition) is 1. The van der Waals surface area contributed by atoms with Gasteiger partial charge in [-0.2, -0.15) is 0 Å². The van der Waals surface area contributed by atoms with Gasteiger partial charge in [0.2, 0.25) is 11.8 Å². The average molecular weight is 366 g/mol. The third-order valence-corrected chi connectivity index (χ3v) is 5.82. The topological polar surface area (TPSA) is 69.7 Å². The van der Waals surface area contributed by atoms with Gasteiger partial charge in [0.1, 0.15) is 0 Å². The van der Waals surface area contributed by atoms with Gasteiger partial charge in [-0.3, -0.25) is 14.5 Å². The lowest BCUT2D eigenvalue weighted by Crippen LogP contribution is -2.41. The second kappa shape index (κ2) is 7.57. The predicted octanol–water partition coefficient (Wildman–Crippen LogP) is 2.88. The maximum atomic E-state index is 12.4. The molecule has 2 rings (SSSR count). The molecule has 2 atom stereocenters. The lowest BCUT2D eigenvalue weighted by atomic mass is 9.80. The number of hydrogen-bond acceptors (Lipinski definition) is 3. The van der Waals surface area contributed by atoms with Gasteiger partial charge in [0, 0.05) is 32.6 Å². The van der Waals surface area contributed by atoms with E-state index in [0.29, 0.717) is 31.8 Å². The minimum Gasteiger partial charge on any atom is -0.338 e. The summed E-state index contributed by atoms with van der Waals surface area (Å²) in [6.45, 7) is 15.1. The van der Waals surface area contributed by atoms with Crippen molar-refractivity contribution in [3.05, 3.63) is 0 Å². The molecule has 0 aromatic rings. The molecule has 0 bridgehead atoms. The number of rotatable bonds is 4. The van der Waals surface area contributed by atoms with Gasteiger partial charge in [-0.05, 0) is 29.6 Å². The van der Waals surface area contributed by atoms with Crippen LogP contribution in [-0.4, -0.2) is 53.8 Å². The van der Waals surface area contributed by atoms with Crippen LogP contribution in [0.1, 0.15) is 60.8 Å². The smallest absolute Gasteiger partial charge is 0.317 e. The molecule has 1 N–H and O–H groups in total. The average Bonchev–Trinajstić information content (AvgIpc) is 3.09. The lowest BCUT2D eigenvalue weighted by molar-refractivity contribution is -0.140. The van der Waals surface area contributed by atoms with E-state index in [2.05, 4.69) is 26.1 Å². The van der Waals surface area contributed by atoms with Gasteiger partial charge < -0.3 is 10.2 Å². The first-order chi connectivity index (χ1) is 11.9. The van der Waals surface area contributed by atoms with Crippen molar-refractivity contribution in [3.63, 3.8) is 0 Å². The Balaban J connectivity index is 1.73. The molecule has 0 spiro atoms. The van der Waals surface area contributed by atoms with E-state index < -0.39 is 0 Å². The number of imide groups is 1. The van der Waals surface area contributed by atoms with Crippen molar-refractivity contribution in [1.82, 2.24) is 15.1 Å². The molecular weight excluding hydrogens is 330 g/mol. The first-order valence-corrected chi connectivity index (χ1v) is 9.78. The van der Waals surface area contributed by atoms with Gasteiger partial charge >= 0.3 is 6.03 Å². The number of carbonyl (C=O) groups excluding carboxylic acids is 3. The second-order valence-electron chi connectivity index (χ2n) is 9.89. The van der Waals surface area contributed by atoms with Gasteiger partial charge in [-0.15, -0.1) is 0 Å². The Morgan fingerprint density at radius 1 is 1.12 bits per heavy atom. The highest BCUT2D eigenvalue weighted by Crippen LogP contribution is 2.35. The molecular formula is C20H35N3O3. The van der Waals surface area contributed by atoms with Crippen LogP contribution in [0.4, 0.5) is 4.79 Å². The summed E-state index contributed by atoms with van der Waals surface area (Å²) in [4.78, 5) is 40.1. The minimum absolute atomic E-state index is 0.0385. The van der Waals surface area contributed by atoms with Crippen molar-refractivity contribution in [3.8, 4) is 0 Å². The Kier molecular flexibility index (Phi) is 6.03. The molecule has 1 unspecified atom stereocenters. The standard InChI is InChI=1S/C20H35N3O3/c1-19(2,3)14-8-11-22(13-14)18(26)21-9-7-10-23-16(24)12-15(17(23)25)20(4,5)6/h14-15H,7-13H2,1-6H3,(H,21,26)/t14-,15?/m0/s1. The van der Waals surface area contributed by atoms with Crippen LogP contribution in [0.5, 0.6) is 0 Å². The highest BCUT2D eigenvalue weighted by molar-refractivity contribution is 6.03. The Hall–Kier alpha value is -1.59. The van der Waals surface area contributed by atoms with Crippen LogP contribution in [0.15, 0.2) is 0 Å². The fourth-order valence-electron chi connectivity index (χ4n) is 3.79. The molecule has 4 amide bonds. The molecule has 0 aromatic carbocycles. The van der Waals surface area contributed by atoms with Crippen molar-refractivity contribution in [2.75, 3.05) is 26.2 Å². The molecule has 26 heavy (non-hydrogen) atoms. The normalized spacial score (nSPS) is 24.5. The Morgan fingerprint density at radius 3 is 2.27 bits per heavy atom. The molecule has 0 aromatic heterocycles. The summed E-state index contributed by atoms with van der Waals surface area (Å²) in [6, 6.07) is -0.0385. The number of amides is 4. The van der Waals surface area contributed by atoms with E-state index in [-0.39, 0.29) is 34.6 Å². The van der Waals surface area contributed by atoms with Crippen molar-refractivity contribution < 1.29 is 14.4 Å². The first kappa shape index (κ1) is 20.7. The summed E-state index contributed by atoms with van der Waals surface area (Å²) in [5.41, 5.74) is 0.0180. The molecule has 2 heterocycles. The van der Waals surface area contributed by atoms with E-state index in [4.69, 9.17) is 0 Å². The van der Waals surface area contributed by atoms with E-state index in [9.17, 15) is 14.4 Å². The van der Waals surface area contributed by atoms with Crippen LogP contribution in [-0.2, 0) is 9.59 Å². The summed E-state index contributed by atoms with van der Waals surface area (Å²) in [5.74, 6) is 0.140. The first-order valence-electron chi connectivity index (χ1n) is 9.78. The van der Waals surface area contributed by atoms with Gasteiger partial charge in [0.05, 0.1) is 5.92 Å². The lowest BCUT2D eigenvalue weighted by Gasteiger charge is -2.27. The molecule has 0 saturated carbocycles. The molecule has 2 aliphatic heterocycles. The van der Waals surface area contributed by atoms with Crippen molar-refractivity contribution in [2.24, 2.45) is 22.7 Å². The second-order valence-corrected chi connectivity index (χ2v) is 9.89. The van der Waals surface area contributed by atoms with Gasteiger partial charge in [-0.25, -0.2) is 4.79 Å². The SMILES string of the molecule is CC(C)(C)C1CC(=O)N(CCCNC(=O)N2CC[C@H](C(C)(C)C)C2)C1=O. The third kappa shape index (κ3) is 4.77. The molecule has 2 fully saturated rings. The molecule has 0 aliphatic carbocycles. The van der Waals surface area contributed by atoms with Crippen LogP contribution in [0.25, 0.3) is 0 Å². The van der Waals surface area contributed by atoms with Crippen molar-refractivity contribution >= 4 is 17.8 Å². The quantitative estimate of drug-likeness (QED) is 0.615. The molecule has 2 saturated heterocycles. The van der Waals surface area contributed by atoms with Gasteiger partial charge in [0.15, 0.2) is 0 Å². The van der Waals surface area contributed by atoms with Crippen molar-refractivity contribution in [1.29, 1.82) is 0 Å². The highest BCUT2D eigenvalue weighted by Gasteiger charge is 2.44. The minimum atomic E-state index is -0.233. The number of urea groups is 1. The summed E-state index contributed by atoms with van der Waals surface area (Å²) < 4.78 is 0. The zero-order chi connectivity index (χ0) is 19.7. The maximum absolute atomic E-state index is 12.4. The number of nitrogens with one attached hydrogen (secondary N) is 1. The zero-order valence-electron chi connectivity index (χ0n) is 17.2. The molecule has 6 nitrogen and oxygen atoms in total. The fourth-order valence-corrected chi connectivity index (χ4v) is 3.79. The Bertz CT molecular complexity index is 560. The fraction of sp³-hybridized carbons (Fsp3) is 0.850. The molecule has 6 heteroatoms. The van der Waals surface area contributed by atoms with Gasteiger partial charge in [-0.1, -0.05) is 41.5 Å². The highest BCUT2D eigenvalue weighted by atomic mass is 16.2. The van der Waals surface area contributed by atoms with Crippen LogP contribution < -0.4 is 5.32 Å². The van der Waals surface area contributed by atoms with E-state index in [1.807, 2.05) is 25.7 Å². The molecule has 0 radical (unpaired) electrons. The van der Waals surface area contributed by atoms with E-state index in [1.54, 1.807) is 0 Å².